The number of ether oxygens (including phenoxy) is 1. The van der Waals surface area contributed by atoms with Crippen LogP contribution < -0.4 is 10.1 Å². The quantitative estimate of drug-likeness (QED) is 0.672. The minimum Gasteiger partial charge on any atom is -0.468 e. The molecule has 9 heteroatoms. The summed E-state index contributed by atoms with van der Waals surface area (Å²) in [4.78, 5) is 12.2. The first kappa shape index (κ1) is 18.4. The molecule has 0 atom stereocenters. The lowest BCUT2D eigenvalue weighted by atomic mass is 10.1. The van der Waals surface area contributed by atoms with E-state index in [1.54, 1.807) is 6.07 Å². The van der Waals surface area contributed by atoms with Crippen molar-refractivity contribution in [1.82, 2.24) is 9.78 Å². The van der Waals surface area contributed by atoms with Gasteiger partial charge in [-0.15, -0.1) is 0 Å². The number of aromatic nitrogens is 2. The van der Waals surface area contributed by atoms with Gasteiger partial charge in [0.05, 0.1) is 11.3 Å². The Balaban J connectivity index is 1.68. The molecule has 1 N–H and O–H groups in total. The lowest BCUT2D eigenvalue weighted by Gasteiger charge is -2.12. The minimum absolute atomic E-state index is 0.0121. The summed E-state index contributed by atoms with van der Waals surface area (Å²) < 4.78 is 58.9. The van der Waals surface area contributed by atoms with Gasteiger partial charge in [-0.3, -0.25) is 4.79 Å². The summed E-state index contributed by atoms with van der Waals surface area (Å²) in [6.45, 7) is -0.173. The van der Waals surface area contributed by atoms with Crippen LogP contribution in [-0.4, -0.2) is 15.7 Å². The Labute approximate surface area is 151 Å². The van der Waals surface area contributed by atoms with Gasteiger partial charge in [-0.2, -0.15) is 18.3 Å². The Morgan fingerprint density at radius 1 is 1.07 bits per heavy atom. The maximum absolute atomic E-state index is 13.5. The molecule has 0 saturated carbocycles. The summed E-state index contributed by atoms with van der Waals surface area (Å²) >= 11 is 0. The molecule has 5 nitrogen and oxygen atoms in total. The summed E-state index contributed by atoms with van der Waals surface area (Å²) in [6, 6.07) is 11.7. The van der Waals surface area contributed by atoms with Crippen LogP contribution in [0.5, 0.6) is 5.75 Å². The molecule has 3 aromatic rings. The van der Waals surface area contributed by atoms with Crippen molar-refractivity contribution in [2.75, 3.05) is 5.32 Å². The monoisotopic (exact) mass is 379 g/mol. The maximum Gasteiger partial charge on any atom is 0.418 e. The van der Waals surface area contributed by atoms with Gasteiger partial charge in [0.25, 0.3) is 5.91 Å². The van der Waals surface area contributed by atoms with Crippen LogP contribution in [0.3, 0.4) is 0 Å². The number of amides is 1. The number of carbonyl (C=O) groups is 1. The predicted octanol–water partition coefficient (Wildman–Crippen LogP) is 4.33. The standard InChI is InChI=1S/C18H13F4N3O2/c19-13-6-2-4-8-16(13)27-11-25-10-9-15(24-25)17(26)23-14-7-3-1-5-12(14)18(20,21)22/h1-10H,11H2,(H,23,26). The molecule has 27 heavy (non-hydrogen) atoms. The fourth-order valence-corrected chi connectivity index (χ4v) is 2.28. The summed E-state index contributed by atoms with van der Waals surface area (Å²) in [6.07, 6.45) is -3.21. The van der Waals surface area contributed by atoms with Crippen molar-refractivity contribution in [1.29, 1.82) is 0 Å². The second kappa shape index (κ2) is 7.48. The first-order chi connectivity index (χ1) is 12.8. The SMILES string of the molecule is O=C(Nc1ccccc1C(F)(F)F)c1ccn(COc2ccccc2F)n1. The first-order valence-electron chi connectivity index (χ1n) is 7.73. The lowest BCUT2D eigenvalue weighted by molar-refractivity contribution is -0.136. The first-order valence-corrected chi connectivity index (χ1v) is 7.73. The highest BCUT2D eigenvalue weighted by Crippen LogP contribution is 2.34. The molecule has 0 bridgehead atoms. The molecule has 0 radical (unpaired) electrons. The number of hydrogen-bond acceptors (Lipinski definition) is 3. The summed E-state index contributed by atoms with van der Waals surface area (Å²) in [5.41, 5.74) is -1.43. The van der Waals surface area contributed by atoms with E-state index in [4.69, 9.17) is 4.74 Å². The van der Waals surface area contributed by atoms with E-state index >= 15 is 0 Å². The van der Waals surface area contributed by atoms with E-state index in [1.165, 1.54) is 47.3 Å². The second-order valence-electron chi connectivity index (χ2n) is 5.44. The molecule has 1 aromatic heterocycles. The lowest BCUT2D eigenvalue weighted by Crippen LogP contribution is -2.17. The third-order valence-electron chi connectivity index (χ3n) is 3.54. The number of halogens is 4. The highest BCUT2D eigenvalue weighted by Gasteiger charge is 2.33. The van der Waals surface area contributed by atoms with Gasteiger partial charge in [0.15, 0.2) is 24.0 Å². The van der Waals surface area contributed by atoms with E-state index < -0.39 is 23.5 Å². The van der Waals surface area contributed by atoms with Crippen LogP contribution >= 0.6 is 0 Å². The fraction of sp³-hybridized carbons (Fsp3) is 0.111. The molecule has 0 aliphatic carbocycles. The van der Waals surface area contributed by atoms with E-state index in [2.05, 4.69) is 10.4 Å². The van der Waals surface area contributed by atoms with Crippen LogP contribution in [0.15, 0.2) is 60.8 Å². The van der Waals surface area contributed by atoms with Crippen LogP contribution in [0.25, 0.3) is 0 Å². The Morgan fingerprint density at radius 3 is 2.52 bits per heavy atom. The number of anilines is 1. The van der Waals surface area contributed by atoms with Crippen molar-refractivity contribution < 1.29 is 27.1 Å². The molecule has 1 heterocycles. The highest BCUT2D eigenvalue weighted by atomic mass is 19.4. The maximum atomic E-state index is 13.5. The van der Waals surface area contributed by atoms with E-state index in [0.29, 0.717) is 0 Å². The van der Waals surface area contributed by atoms with Crippen molar-refractivity contribution in [2.24, 2.45) is 0 Å². The Hall–Kier alpha value is -3.36. The van der Waals surface area contributed by atoms with Crippen molar-refractivity contribution in [2.45, 2.75) is 12.9 Å². The molecule has 0 aliphatic rings. The van der Waals surface area contributed by atoms with Crippen LogP contribution in [0.1, 0.15) is 16.1 Å². The third-order valence-corrected chi connectivity index (χ3v) is 3.54. The van der Waals surface area contributed by atoms with Gasteiger partial charge in [0, 0.05) is 6.20 Å². The van der Waals surface area contributed by atoms with Crippen LogP contribution in [0.4, 0.5) is 23.2 Å². The summed E-state index contributed by atoms with van der Waals surface area (Å²) in [5.74, 6) is -1.35. The zero-order valence-corrected chi connectivity index (χ0v) is 13.7. The molecule has 0 spiro atoms. The average molecular weight is 379 g/mol. The number of benzene rings is 2. The normalized spacial score (nSPS) is 11.3. The Bertz CT molecular complexity index is 954. The molecule has 0 aliphatic heterocycles. The average Bonchev–Trinajstić information content (AvgIpc) is 3.10. The Morgan fingerprint density at radius 2 is 1.78 bits per heavy atom. The van der Waals surface area contributed by atoms with Gasteiger partial charge in [0.1, 0.15) is 0 Å². The molecule has 140 valence electrons. The van der Waals surface area contributed by atoms with Crippen molar-refractivity contribution in [3.8, 4) is 5.75 Å². The minimum atomic E-state index is -4.60. The van der Waals surface area contributed by atoms with E-state index in [0.717, 1.165) is 12.1 Å². The smallest absolute Gasteiger partial charge is 0.418 e. The third kappa shape index (κ3) is 4.43. The molecule has 0 fully saturated rings. The molecular weight excluding hydrogens is 366 g/mol. The van der Waals surface area contributed by atoms with Gasteiger partial charge in [-0.05, 0) is 30.3 Å². The van der Waals surface area contributed by atoms with Crippen LogP contribution in [0, 0.1) is 5.82 Å². The molecule has 3 rings (SSSR count). The van der Waals surface area contributed by atoms with Gasteiger partial charge in [-0.1, -0.05) is 24.3 Å². The number of carbonyl (C=O) groups excluding carboxylic acids is 1. The number of para-hydroxylation sites is 2. The number of nitrogens with zero attached hydrogens (tertiary/aromatic N) is 2. The Kier molecular flexibility index (Phi) is 5.11. The molecule has 2 aromatic carbocycles. The molecule has 0 unspecified atom stereocenters. The number of hydrogen-bond donors (Lipinski definition) is 1. The molecule has 1 amide bonds. The molecule has 0 saturated heterocycles. The number of rotatable bonds is 5. The van der Waals surface area contributed by atoms with Gasteiger partial charge in [0.2, 0.25) is 0 Å². The van der Waals surface area contributed by atoms with Crippen molar-refractivity contribution in [3.63, 3.8) is 0 Å². The number of alkyl halides is 3. The van der Waals surface area contributed by atoms with E-state index in [9.17, 15) is 22.4 Å². The van der Waals surface area contributed by atoms with E-state index in [-0.39, 0.29) is 23.9 Å². The zero-order valence-electron chi connectivity index (χ0n) is 13.7. The zero-order chi connectivity index (χ0) is 19.4. The summed E-state index contributed by atoms with van der Waals surface area (Å²) in [7, 11) is 0. The predicted molar refractivity (Wildman–Crippen MR) is 88.7 cm³/mol. The van der Waals surface area contributed by atoms with Gasteiger partial charge in [-0.25, -0.2) is 9.07 Å². The topological polar surface area (TPSA) is 56.2 Å². The van der Waals surface area contributed by atoms with Gasteiger partial charge < -0.3 is 10.1 Å². The fourth-order valence-electron chi connectivity index (χ4n) is 2.28. The van der Waals surface area contributed by atoms with Crippen LogP contribution in [0.2, 0.25) is 0 Å². The molecular formula is C18H13F4N3O2. The van der Waals surface area contributed by atoms with Crippen molar-refractivity contribution in [3.05, 3.63) is 77.9 Å². The summed E-state index contributed by atoms with van der Waals surface area (Å²) in [5, 5.41) is 6.11. The van der Waals surface area contributed by atoms with Crippen LogP contribution in [-0.2, 0) is 12.9 Å². The van der Waals surface area contributed by atoms with E-state index in [1.807, 2.05) is 0 Å². The number of nitrogens with one attached hydrogen (secondary N) is 1. The van der Waals surface area contributed by atoms with Crippen molar-refractivity contribution >= 4 is 11.6 Å². The van der Waals surface area contributed by atoms with Gasteiger partial charge >= 0.3 is 6.18 Å². The second-order valence-corrected chi connectivity index (χ2v) is 5.44. The largest absolute Gasteiger partial charge is 0.468 e. The highest BCUT2D eigenvalue weighted by molar-refractivity contribution is 6.03.